The van der Waals surface area contributed by atoms with Crippen molar-refractivity contribution >= 4 is 23.2 Å². The number of carbonyl (C=O) groups is 1. The minimum Gasteiger partial charge on any atom is -0.383 e. The Morgan fingerprint density at radius 1 is 1.46 bits per heavy atom. The highest BCUT2D eigenvalue weighted by molar-refractivity contribution is 5.93. The van der Waals surface area contributed by atoms with Crippen LogP contribution in [-0.2, 0) is 14.3 Å². The van der Waals surface area contributed by atoms with Gasteiger partial charge in [0.05, 0.1) is 18.2 Å². The minimum atomic E-state index is -0.424. The van der Waals surface area contributed by atoms with Crippen LogP contribution in [0.3, 0.4) is 0 Å². The zero-order valence-electron chi connectivity index (χ0n) is 13.9. The minimum absolute atomic E-state index is 0.0473. The van der Waals surface area contributed by atoms with E-state index in [-0.39, 0.29) is 12.3 Å². The summed E-state index contributed by atoms with van der Waals surface area (Å²) in [4.78, 5) is 22.0. The van der Waals surface area contributed by atoms with E-state index in [9.17, 15) is 14.0 Å². The number of hydrogen-bond acceptors (Lipinski definition) is 4. The van der Waals surface area contributed by atoms with E-state index in [1.54, 1.807) is 18.1 Å². The second-order valence-electron chi connectivity index (χ2n) is 6.01. The number of amides is 1. The lowest BCUT2D eigenvalue weighted by molar-refractivity contribution is -0.115. The zero-order valence-corrected chi connectivity index (χ0v) is 13.9. The molecule has 1 unspecified atom stereocenters. The molecule has 1 saturated heterocycles. The molecule has 1 atom stereocenters. The molecule has 1 aliphatic heterocycles. The van der Waals surface area contributed by atoms with Crippen molar-refractivity contribution in [3.05, 3.63) is 29.6 Å². The van der Waals surface area contributed by atoms with Crippen LogP contribution in [0.5, 0.6) is 0 Å². The molecule has 1 aromatic rings. The number of ether oxygens (including phenoxy) is 1. The molecule has 0 aromatic heterocycles. The number of carbonyl (C=O) groups excluding carboxylic acids is 2. The molecule has 24 heavy (non-hydrogen) atoms. The van der Waals surface area contributed by atoms with Gasteiger partial charge in [0.25, 0.3) is 0 Å². The first-order valence-electron chi connectivity index (χ1n) is 8.24. The van der Waals surface area contributed by atoms with Gasteiger partial charge < -0.3 is 15.4 Å². The molecule has 0 bridgehead atoms. The maximum atomic E-state index is 14.1. The van der Waals surface area contributed by atoms with Crippen LogP contribution < -0.4 is 10.6 Å². The molecule has 1 fully saturated rings. The van der Waals surface area contributed by atoms with Crippen molar-refractivity contribution in [3.8, 4) is 0 Å². The van der Waals surface area contributed by atoms with Crippen LogP contribution in [0.4, 0.5) is 15.8 Å². The smallest absolute Gasteiger partial charge is 0.229 e. The summed E-state index contributed by atoms with van der Waals surface area (Å²) in [5.74, 6) is 0.872. The van der Waals surface area contributed by atoms with Gasteiger partial charge in [-0.25, -0.2) is 9.18 Å². The highest BCUT2D eigenvalue weighted by atomic mass is 19.1. The lowest BCUT2D eigenvalue weighted by Crippen LogP contribution is -2.12. The molecular weight excluding hydrogens is 311 g/mol. The summed E-state index contributed by atoms with van der Waals surface area (Å²) in [7, 11) is 0. The fraction of sp³-hybridized carbons (Fsp3) is 0.500. The van der Waals surface area contributed by atoms with Gasteiger partial charge in [-0.05, 0) is 50.8 Å². The van der Waals surface area contributed by atoms with Crippen molar-refractivity contribution < 1.29 is 18.7 Å². The first-order chi connectivity index (χ1) is 11.6. The van der Waals surface area contributed by atoms with Crippen LogP contribution in [0.25, 0.3) is 0 Å². The van der Waals surface area contributed by atoms with Gasteiger partial charge in [-0.2, -0.15) is 0 Å². The van der Waals surface area contributed by atoms with Gasteiger partial charge in [0.1, 0.15) is 11.8 Å². The summed E-state index contributed by atoms with van der Waals surface area (Å²) in [5, 5.41) is 5.62. The normalized spacial score (nSPS) is 16.5. The molecule has 1 aliphatic rings. The van der Waals surface area contributed by atoms with Crippen molar-refractivity contribution in [2.75, 3.05) is 23.8 Å². The van der Waals surface area contributed by atoms with Crippen LogP contribution in [0, 0.1) is 5.82 Å². The van der Waals surface area contributed by atoms with Gasteiger partial charge in [0, 0.05) is 24.4 Å². The molecule has 1 heterocycles. The monoisotopic (exact) mass is 334 g/mol. The van der Waals surface area contributed by atoms with Crippen molar-refractivity contribution in [2.24, 2.45) is 0 Å². The molecule has 2 rings (SSSR count). The second kappa shape index (κ2) is 9.21. The summed E-state index contributed by atoms with van der Waals surface area (Å²) in [6.45, 7) is 3.05. The van der Waals surface area contributed by atoms with E-state index in [1.807, 2.05) is 0 Å². The van der Waals surface area contributed by atoms with Crippen LogP contribution >= 0.6 is 0 Å². The van der Waals surface area contributed by atoms with Gasteiger partial charge >= 0.3 is 0 Å². The summed E-state index contributed by atoms with van der Waals surface area (Å²) in [6, 6.07) is 4.49. The van der Waals surface area contributed by atoms with Crippen LogP contribution in [0.15, 0.2) is 23.8 Å². The van der Waals surface area contributed by atoms with Gasteiger partial charge in [-0.3, -0.25) is 4.79 Å². The third-order valence-electron chi connectivity index (χ3n) is 3.90. The number of rotatable bonds is 8. The highest BCUT2D eigenvalue weighted by Gasteiger charge is 2.14. The number of nitrogens with one attached hydrogen (secondary N) is 2. The van der Waals surface area contributed by atoms with Crippen molar-refractivity contribution in [2.45, 2.75) is 45.1 Å². The Balaban J connectivity index is 1.78. The van der Waals surface area contributed by atoms with Gasteiger partial charge in [0.2, 0.25) is 5.91 Å². The summed E-state index contributed by atoms with van der Waals surface area (Å²) in [6.07, 6.45) is 4.43. The molecule has 0 saturated carbocycles. The SMILES string of the molecule is CC(=C=O)CC(=O)Nc1ccc(NCCCC2CCCO2)c(F)c1. The number of anilines is 2. The summed E-state index contributed by atoms with van der Waals surface area (Å²) >= 11 is 0. The Morgan fingerprint density at radius 2 is 2.29 bits per heavy atom. The van der Waals surface area contributed by atoms with E-state index >= 15 is 0 Å². The Kier molecular flexibility index (Phi) is 6.97. The number of halogens is 1. The van der Waals surface area contributed by atoms with Gasteiger partial charge in [-0.1, -0.05) is 0 Å². The summed E-state index contributed by atoms with van der Waals surface area (Å²) < 4.78 is 19.6. The average Bonchev–Trinajstić information content (AvgIpc) is 3.06. The van der Waals surface area contributed by atoms with E-state index in [0.717, 1.165) is 32.3 Å². The molecule has 0 spiro atoms. The first kappa shape index (κ1) is 18.2. The van der Waals surface area contributed by atoms with E-state index in [4.69, 9.17) is 4.74 Å². The lowest BCUT2D eigenvalue weighted by atomic mass is 10.1. The topological polar surface area (TPSA) is 67.4 Å². The third-order valence-corrected chi connectivity index (χ3v) is 3.90. The average molecular weight is 334 g/mol. The molecule has 130 valence electrons. The maximum absolute atomic E-state index is 14.1. The van der Waals surface area contributed by atoms with E-state index in [1.165, 1.54) is 13.0 Å². The standard InChI is InChI=1S/C18H23FN2O3/c1-13(12-22)10-18(23)21-14-6-7-17(16(19)11-14)20-8-2-4-15-5-3-9-24-15/h6-7,11,15,20H,2-5,8-10H2,1H3,(H,21,23). The maximum Gasteiger partial charge on any atom is 0.229 e. The lowest BCUT2D eigenvalue weighted by Gasteiger charge is -2.12. The van der Waals surface area contributed by atoms with E-state index in [2.05, 4.69) is 10.6 Å². The Hall–Kier alpha value is -2.17. The highest BCUT2D eigenvalue weighted by Crippen LogP contribution is 2.20. The third kappa shape index (κ3) is 5.80. The quantitative estimate of drug-likeness (QED) is 0.565. The Labute approximate surface area is 141 Å². The van der Waals surface area contributed by atoms with Gasteiger partial charge in [0.15, 0.2) is 0 Å². The van der Waals surface area contributed by atoms with E-state index < -0.39 is 5.82 Å². The predicted molar refractivity (Wildman–Crippen MR) is 91.2 cm³/mol. The Bertz CT molecular complexity index is 621. The van der Waals surface area contributed by atoms with Crippen molar-refractivity contribution in [3.63, 3.8) is 0 Å². The predicted octanol–water partition coefficient (Wildman–Crippen LogP) is 3.30. The van der Waals surface area contributed by atoms with Gasteiger partial charge in [-0.15, -0.1) is 0 Å². The molecule has 2 N–H and O–H groups in total. The zero-order chi connectivity index (χ0) is 17.4. The number of hydrogen-bond donors (Lipinski definition) is 2. The first-order valence-corrected chi connectivity index (χ1v) is 8.24. The van der Waals surface area contributed by atoms with E-state index in [0.29, 0.717) is 29.6 Å². The molecular formula is C18H23FN2O3. The summed E-state index contributed by atoms with van der Waals surface area (Å²) in [5.41, 5.74) is 1.07. The molecule has 0 aliphatic carbocycles. The Morgan fingerprint density at radius 3 is 2.96 bits per heavy atom. The second-order valence-corrected chi connectivity index (χ2v) is 6.01. The fourth-order valence-corrected chi connectivity index (χ4v) is 2.64. The molecule has 0 radical (unpaired) electrons. The molecule has 1 amide bonds. The number of benzene rings is 1. The molecule has 1 aromatic carbocycles. The molecule has 5 nitrogen and oxygen atoms in total. The van der Waals surface area contributed by atoms with Crippen LogP contribution in [-0.4, -0.2) is 31.1 Å². The molecule has 6 heteroatoms. The van der Waals surface area contributed by atoms with Crippen LogP contribution in [0.2, 0.25) is 0 Å². The van der Waals surface area contributed by atoms with Crippen LogP contribution in [0.1, 0.15) is 39.0 Å². The van der Waals surface area contributed by atoms with Crippen molar-refractivity contribution in [1.29, 1.82) is 0 Å². The largest absolute Gasteiger partial charge is 0.383 e. The van der Waals surface area contributed by atoms with Crippen molar-refractivity contribution in [1.82, 2.24) is 0 Å². The fourth-order valence-electron chi connectivity index (χ4n) is 2.64.